The lowest BCUT2D eigenvalue weighted by Crippen LogP contribution is -2.04. The van der Waals surface area contributed by atoms with E-state index >= 15 is 0 Å². The van der Waals surface area contributed by atoms with Gasteiger partial charge in [-0.1, -0.05) is 6.07 Å². The molecule has 0 atom stereocenters. The van der Waals surface area contributed by atoms with Crippen LogP contribution < -0.4 is 15.2 Å². The van der Waals surface area contributed by atoms with Crippen LogP contribution in [0.2, 0.25) is 0 Å². The molecule has 0 amide bonds. The molecule has 0 saturated carbocycles. The van der Waals surface area contributed by atoms with Crippen LogP contribution in [0.3, 0.4) is 0 Å². The van der Waals surface area contributed by atoms with Crippen molar-refractivity contribution < 1.29 is 13.9 Å². The molecule has 5 nitrogen and oxygen atoms in total. The predicted octanol–water partition coefficient (Wildman–Crippen LogP) is 2.09. The lowest BCUT2D eigenvalue weighted by atomic mass is 10.1. The fourth-order valence-electron chi connectivity index (χ4n) is 2.10. The molecule has 2 rings (SSSR count). The highest BCUT2D eigenvalue weighted by molar-refractivity contribution is 5.43. The van der Waals surface area contributed by atoms with E-state index in [0.717, 1.165) is 23.4 Å². The normalized spacial score (nSPS) is 10.6. The largest absolute Gasteiger partial charge is 0.493 e. The number of nitrogens with zero attached hydrogens (tertiary/aromatic N) is 1. The summed E-state index contributed by atoms with van der Waals surface area (Å²) in [5.74, 6) is 2.95. The fourth-order valence-corrected chi connectivity index (χ4v) is 2.10. The first-order valence-electron chi connectivity index (χ1n) is 6.54. The van der Waals surface area contributed by atoms with Crippen molar-refractivity contribution in [1.82, 2.24) is 4.98 Å². The number of rotatable bonds is 6. The molecule has 108 valence electrons. The fraction of sp³-hybridized carbons (Fsp3) is 0.400. The first-order chi connectivity index (χ1) is 9.67. The molecule has 1 heterocycles. The van der Waals surface area contributed by atoms with Gasteiger partial charge in [-0.25, -0.2) is 4.98 Å². The molecule has 0 unspecified atom stereocenters. The van der Waals surface area contributed by atoms with Crippen molar-refractivity contribution in [2.45, 2.75) is 19.8 Å². The van der Waals surface area contributed by atoms with Gasteiger partial charge < -0.3 is 19.6 Å². The minimum Gasteiger partial charge on any atom is -0.493 e. The molecule has 0 aliphatic rings. The van der Waals surface area contributed by atoms with E-state index in [1.165, 1.54) is 0 Å². The van der Waals surface area contributed by atoms with Gasteiger partial charge in [0, 0.05) is 12.8 Å². The van der Waals surface area contributed by atoms with Crippen molar-refractivity contribution >= 4 is 0 Å². The molecule has 0 aliphatic heterocycles. The SMILES string of the molecule is COc1ccc(Cc2nc(CCN)c(C)o2)cc1OC. The van der Waals surface area contributed by atoms with Gasteiger partial charge in [-0.15, -0.1) is 0 Å². The monoisotopic (exact) mass is 276 g/mol. The molecular formula is C15H20N2O3. The topological polar surface area (TPSA) is 70.5 Å². The van der Waals surface area contributed by atoms with Crippen LogP contribution in [0.5, 0.6) is 11.5 Å². The highest BCUT2D eigenvalue weighted by Gasteiger charge is 2.11. The molecular weight excluding hydrogens is 256 g/mol. The number of oxazole rings is 1. The average molecular weight is 276 g/mol. The number of nitrogens with two attached hydrogens (primary N) is 1. The second kappa shape index (κ2) is 6.43. The molecule has 0 bridgehead atoms. The Hall–Kier alpha value is -2.01. The summed E-state index contributed by atoms with van der Waals surface area (Å²) in [5, 5.41) is 0. The number of aromatic nitrogens is 1. The van der Waals surface area contributed by atoms with Crippen LogP contribution in [-0.2, 0) is 12.8 Å². The Morgan fingerprint density at radius 1 is 1.20 bits per heavy atom. The third-order valence-corrected chi connectivity index (χ3v) is 3.12. The van der Waals surface area contributed by atoms with Crippen LogP contribution in [0.25, 0.3) is 0 Å². The maximum Gasteiger partial charge on any atom is 0.199 e. The minimum atomic E-state index is 0.573. The predicted molar refractivity (Wildman–Crippen MR) is 76.4 cm³/mol. The maximum absolute atomic E-state index is 5.66. The Morgan fingerprint density at radius 2 is 1.95 bits per heavy atom. The zero-order valence-electron chi connectivity index (χ0n) is 12.1. The van der Waals surface area contributed by atoms with Gasteiger partial charge in [-0.3, -0.25) is 0 Å². The van der Waals surface area contributed by atoms with E-state index in [4.69, 9.17) is 19.6 Å². The third kappa shape index (κ3) is 3.11. The van der Waals surface area contributed by atoms with E-state index in [2.05, 4.69) is 4.98 Å². The molecule has 20 heavy (non-hydrogen) atoms. The summed E-state index contributed by atoms with van der Waals surface area (Å²) in [7, 11) is 3.24. The summed E-state index contributed by atoms with van der Waals surface area (Å²) in [5.41, 5.74) is 7.54. The van der Waals surface area contributed by atoms with Crippen molar-refractivity contribution in [3.05, 3.63) is 41.1 Å². The maximum atomic E-state index is 5.66. The molecule has 1 aromatic carbocycles. The van der Waals surface area contributed by atoms with E-state index in [0.29, 0.717) is 30.4 Å². The Bertz CT molecular complexity index is 578. The number of hydrogen-bond donors (Lipinski definition) is 1. The summed E-state index contributed by atoms with van der Waals surface area (Å²) in [6.07, 6.45) is 1.35. The van der Waals surface area contributed by atoms with Gasteiger partial charge in [0.1, 0.15) is 5.76 Å². The first-order valence-corrected chi connectivity index (χ1v) is 6.54. The molecule has 0 aliphatic carbocycles. The van der Waals surface area contributed by atoms with Gasteiger partial charge >= 0.3 is 0 Å². The van der Waals surface area contributed by atoms with Gasteiger partial charge in [0.05, 0.1) is 19.9 Å². The van der Waals surface area contributed by atoms with Crippen LogP contribution in [0.1, 0.15) is 22.9 Å². The molecule has 0 radical (unpaired) electrons. The van der Waals surface area contributed by atoms with Crippen molar-refractivity contribution in [3.63, 3.8) is 0 Å². The van der Waals surface area contributed by atoms with Gasteiger partial charge in [-0.05, 0) is 31.2 Å². The Kier molecular flexibility index (Phi) is 4.63. The van der Waals surface area contributed by atoms with Crippen LogP contribution in [0.15, 0.2) is 22.6 Å². The third-order valence-electron chi connectivity index (χ3n) is 3.12. The van der Waals surface area contributed by atoms with Gasteiger partial charge in [0.2, 0.25) is 0 Å². The smallest absolute Gasteiger partial charge is 0.199 e. The number of aryl methyl sites for hydroxylation is 1. The zero-order chi connectivity index (χ0) is 14.5. The lowest BCUT2D eigenvalue weighted by molar-refractivity contribution is 0.354. The molecule has 1 aromatic heterocycles. The highest BCUT2D eigenvalue weighted by Crippen LogP contribution is 2.28. The van der Waals surface area contributed by atoms with E-state index < -0.39 is 0 Å². The van der Waals surface area contributed by atoms with E-state index in [1.54, 1.807) is 14.2 Å². The number of hydrogen-bond acceptors (Lipinski definition) is 5. The minimum absolute atomic E-state index is 0.573. The van der Waals surface area contributed by atoms with Crippen LogP contribution >= 0.6 is 0 Å². The summed E-state index contributed by atoms with van der Waals surface area (Å²) in [6.45, 7) is 2.49. The lowest BCUT2D eigenvalue weighted by Gasteiger charge is -2.08. The number of methoxy groups -OCH3 is 2. The van der Waals surface area contributed by atoms with Crippen LogP contribution in [0.4, 0.5) is 0 Å². The molecule has 0 spiro atoms. The van der Waals surface area contributed by atoms with Crippen molar-refractivity contribution in [2.75, 3.05) is 20.8 Å². The molecule has 5 heteroatoms. The van der Waals surface area contributed by atoms with E-state index in [9.17, 15) is 0 Å². The van der Waals surface area contributed by atoms with Crippen molar-refractivity contribution in [3.8, 4) is 11.5 Å². The second-order valence-electron chi connectivity index (χ2n) is 4.52. The number of ether oxygens (including phenoxy) is 2. The second-order valence-corrected chi connectivity index (χ2v) is 4.52. The average Bonchev–Trinajstić information content (AvgIpc) is 2.79. The molecule has 0 saturated heterocycles. The quantitative estimate of drug-likeness (QED) is 0.874. The summed E-state index contributed by atoms with van der Waals surface area (Å²) in [6, 6.07) is 5.79. The standard InChI is InChI=1S/C15H20N2O3/c1-10-12(6-7-16)17-15(20-10)9-11-4-5-13(18-2)14(8-11)19-3/h4-5,8H,6-7,9,16H2,1-3H3. The Balaban J connectivity index is 2.19. The molecule has 2 N–H and O–H groups in total. The van der Waals surface area contributed by atoms with Gasteiger partial charge in [0.15, 0.2) is 17.4 Å². The molecule has 2 aromatic rings. The Morgan fingerprint density at radius 3 is 2.60 bits per heavy atom. The zero-order valence-corrected chi connectivity index (χ0v) is 12.1. The first kappa shape index (κ1) is 14.4. The van der Waals surface area contributed by atoms with Crippen LogP contribution in [-0.4, -0.2) is 25.7 Å². The van der Waals surface area contributed by atoms with E-state index in [-0.39, 0.29) is 0 Å². The van der Waals surface area contributed by atoms with Crippen LogP contribution in [0, 0.1) is 6.92 Å². The summed E-state index contributed by atoms with van der Waals surface area (Å²) < 4.78 is 16.2. The van der Waals surface area contributed by atoms with Gasteiger partial charge in [0.25, 0.3) is 0 Å². The van der Waals surface area contributed by atoms with E-state index in [1.807, 2.05) is 25.1 Å². The summed E-state index contributed by atoms with van der Waals surface area (Å²) in [4.78, 5) is 4.47. The van der Waals surface area contributed by atoms with Crippen molar-refractivity contribution in [1.29, 1.82) is 0 Å². The van der Waals surface area contributed by atoms with Crippen molar-refractivity contribution in [2.24, 2.45) is 5.73 Å². The Labute approximate surface area is 118 Å². The number of benzene rings is 1. The highest BCUT2D eigenvalue weighted by atomic mass is 16.5. The van der Waals surface area contributed by atoms with Gasteiger partial charge in [-0.2, -0.15) is 0 Å². The molecule has 0 fully saturated rings. The summed E-state index contributed by atoms with van der Waals surface area (Å²) >= 11 is 0.